The Morgan fingerprint density at radius 2 is 1.95 bits per heavy atom. The van der Waals surface area contributed by atoms with Crippen molar-refractivity contribution in [1.29, 1.82) is 0 Å². The predicted molar refractivity (Wildman–Crippen MR) is 81.5 cm³/mol. The highest BCUT2D eigenvalue weighted by Gasteiger charge is 2.36. The Kier molecular flexibility index (Phi) is 4.55. The zero-order valence-electron chi connectivity index (χ0n) is 13.3. The molecule has 0 unspecified atom stereocenters. The Bertz CT molecular complexity index is 427. The van der Waals surface area contributed by atoms with E-state index in [-0.39, 0.29) is 0 Å². The van der Waals surface area contributed by atoms with E-state index in [1.54, 1.807) is 0 Å². The summed E-state index contributed by atoms with van der Waals surface area (Å²) < 4.78 is 1.97. The molecule has 1 aliphatic carbocycles. The van der Waals surface area contributed by atoms with Gasteiger partial charge in [0, 0.05) is 30.9 Å². The summed E-state index contributed by atoms with van der Waals surface area (Å²) in [6.45, 7) is 10.3. The third-order valence-electron chi connectivity index (χ3n) is 4.50. The molecule has 2 rings (SSSR count). The van der Waals surface area contributed by atoms with E-state index in [4.69, 9.17) is 0 Å². The minimum absolute atomic E-state index is 0.393. The SMILES string of the molecule is CC(C)n1cc(CNCC2(O)CCC(C)(C)CC2)cn1. The number of nitrogens with zero attached hydrogens (tertiary/aromatic N) is 2. The van der Waals surface area contributed by atoms with Gasteiger partial charge in [-0.2, -0.15) is 5.10 Å². The van der Waals surface area contributed by atoms with Crippen LogP contribution in [0, 0.1) is 5.41 Å². The van der Waals surface area contributed by atoms with Crippen LogP contribution in [0.4, 0.5) is 0 Å². The first kappa shape index (κ1) is 15.5. The van der Waals surface area contributed by atoms with E-state index in [1.807, 2.05) is 10.9 Å². The standard InChI is InChI=1S/C16H29N3O/c1-13(2)19-11-14(10-18-19)9-17-12-16(20)7-5-15(3,4)6-8-16/h10-11,13,17,20H,5-9,12H2,1-4H3. The Morgan fingerprint density at radius 1 is 1.30 bits per heavy atom. The van der Waals surface area contributed by atoms with Crippen LogP contribution < -0.4 is 5.32 Å². The van der Waals surface area contributed by atoms with E-state index in [2.05, 4.69) is 44.3 Å². The van der Waals surface area contributed by atoms with Crippen molar-refractivity contribution >= 4 is 0 Å². The summed E-state index contributed by atoms with van der Waals surface area (Å²) in [5.74, 6) is 0. The molecule has 2 N–H and O–H groups in total. The summed E-state index contributed by atoms with van der Waals surface area (Å²) in [5.41, 5.74) is 1.05. The van der Waals surface area contributed by atoms with Gasteiger partial charge in [-0.1, -0.05) is 13.8 Å². The highest BCUT2D eigenvalue weighted by Crippen LogP contribution is 2.39. The first-order valence-corrected chi connectivity index (χ1v) is 7.76. The summed E-state index contributed by atoms with van der Waals surface area (Å²) in [5, 5.41) is 18.3. The lowest BCUT2D eigenvalue weighted by atomic mass is 9.71. The molecule has 0 bridgehead atoms. The number of rotatable bonds is 5. The summed E-state index contributed by atoms with van der Waals surface area (Å²) >= 11 is 0. The van der Waals surface area contributed by atoms with Gasteiger partial charge in [0.15, 0.2) is 0 Å². The third-order valence-corrected chi connectivity index (χ3v) is 4.50. The molecule has 1 aromatic heterocycles. The number of aromatic nitrogens is 2. The van der Waals surface area contributed by atoms with E-state index < -0.39 is 5.60 Å². The Balaban J connectivity index is 1.77. The van der Waals surface area contributed by atoms with Gasteiger partial charge in [0.2, 0.25) is 0 Å². The van der Waals surface area contributed by atoms with Crippen LogP contribution in [0.2, 0.25) is 0 Å². The molecule has 114 valence electrons. The van der Waals surface area contributed by atoms with E-state index in [9.17, 15) is 5.11 Å². The monoisotopic (exact) mass is 279 g/mol. The largest absolute Gasteiger partial charge is 0.389 e. The fraction of sp³-hybridized carbons (Fsp3) is 0.812. The zero-order chi connectivity index (χ0) is 14.8. The third kappa shape index (κ3) is 4.06. The molecule has 1 heterocycles. The van der Waals surface area contributed by atoms with Crippen LogP contribution in [-0.2, 0) is 6.54 Å². The van der Waals surface area contributed by atoms with Crippen molar-refractivity contribution in [2.45, 2.75) is 71.6 Å². The second kappa shape index (κ2) is 5.86. The minimum Gasteiger partial charge on any atom is -0.389 e. The predicted octanol–water partition coefficient (Wildman–Crippen LogP) is 2.88. The first-order chi connectivity index (χ1) is 9.30. The van der Waals surface area contributed by atoms with Gasteiger partial charge in [-0.3, -0.25) is 4.68 Å². The van der Waals surface area contributed by atoms with Gasteiger partial charge in [0.25, 0.3) is 0 Å². The fourth-order valence-electron chi connectivity index (χ4n) is 2.76. The Hall–Kier alpha value is -0.870. The van der Waals surface area contributed by atoms with Crippen molar-refractivity contribution in [3.63, 3.8) is 0 Å². The molecule has 4 heteroatoms. The van der Waals surface area contributed by atoms with Crippen LogP contribution in [0.5, 0.6) is 0 Å². The van der Waals surface area contributed by atoms with Crippen molar-refractivity contribution in [2.24, 2.45) is 5.41 Å². The van der Waals surface area contributed by atoms with Gasteiger partial charge in [-0.05, 0) is 44.9 Å². The molecule has 0 aliphatic heterocycles. The zero-order valence-corrected chi connectivity index (χ0v) is 13.3. The highest BCUT2D eigenvalue weighted by molar-refractivity contribution is 5.04. The van der Waals surface area contributed by atoms with Crippen LogP contribution in [0.1, 0.15) is 65.0 Å². The number of nitrogens with one attached hydrogen (secondary N) is 1. The summed E-state index contributed by atoms with van der Waals surface area (Å²) in [6, 6.07) is 0.397. The fourth-order valence-corrected chi connectivity index (χ4v) is 2.76. The molecule has 1 aromatic rings. The normalized spacial score (nSPS) is 21.3. The van der Waals surface area contributed by atoms with E-state index >= 15 is 0 Å². The first-order valence-electron chi connectivity index (χ1n) is 7.76. The highest BCUT2D eigenvalue weighted by atomic mass is 16.3. The molecular formula is C16H29N3O. The van der Waals surface area contributed by atoms with Gasteiger partial charge in [-0.15, -0.1) is 0 Å². The van der Waals surface area contributed by atoms with Crippen LogP contribution in [0.25, 0.3) is 0 Å². The van der Waals surface area contributed by atoms with Crippen molar-refractivity contribution in [3.05, 3.63) is 18.0 Å². The molecule has 0 saturated heterocycles. The number of aliphatic hydroxyl groups is 1. The van der Waals surface area contributed by atoms with Gasteiger partial charge < -0.3 is 10.4 Å². The molecule has 0 atom stereocenters. The van der Waals surface area contributed by atoms with Crippen molar-refractivity contribution < 1.29 is 5.11 Å². The summed E-state index contributed by atoms with van der Waals surface area (Å²) in [6.07, 6.45) is 8.00. The van der Waals surface area contributed by atoms with Crippen LogP contribution >= 0.6 is 0 Å². The van der Waals surface area contributed by atoms with Crippen LogP contribution in [-0.4, -0.2) is 27.0 Å². The summed E-state index contributed by atoms with van der Waals surface area (Å²) in [4.78, 5) is 0. The molecular weight excluding hydrogens is 250 g/mol. The number of hydrogen-bond acceptors (Lipinski definition) is 3. The van der Waals surface area contributed by atoms with Gasteiger partial charge >= 0.3 is 0 Å². The average molecular weight is 279 g/mol. The van der Waals surface area contributed by atoms with Gasteiger partial charge in [-0.25, -0.2) is 0 Å². The molecule has 0 spiro atoms. The maximum atomic E-state index is 10.6. The smallest absolute Gasteiger partial charge is 0.0772 e. The van der Waals surface area contributed by atoms with E-state index in [0.717, 1.165) is 32.2 Å². The van der Waals surface area contributed by atoms with Gasteiger partial charge in [0.05, 0.1) is 11.8 Å². The van der Waals surface area contributed by atoms with Crippen molar-refractivity contribution in [1.82, 2.24) is 15.1 Å². The molecule has 0 radical (unpaired) electrons. The van der Waals surface area contributed by atoms with Crippen LogP contribution in [0.3, 0.4) is 0 Å². The quantitative estimate of drug-likeness (QED) is 0.871. The topological polar surface area (TPSA) is 50.1 Å². The maximum absolute atomic E-state index is 10.6. The summed E-state index contributed by atoms with van der Waals surface area (Å²) in [7, 11) is 0. The van der Waals surface area contributed by atoms with Gasteiger partial charge in [0.1, 0.15) is 0 Å². The Labute approximate surface area is 122 Å². The van der Waals surface area contributed by atoms with E-state index in [0.29, 0.717) is 18.0 Å². The number of hydrogen-bond donors (Lipinski definition) is 2. The van der Waals surface area contributed by atoms with E-state index in [1.165, 1.54) is 5.56 Å². The lowest BCUT2D eigenvalue weighted by Gasteiger charge is -2.40. The molecule has 20 heavy (non-hydrogen) atoms. The lowest BCUT2D eigenvalue weighted by molar-refractivity contribution is -0.0245. The van der Waals surface area contributed by atoms with Crippen molar-refractivity contribution in [2.75, 3.05) is 6.54 Å². The van der Waals surface area contributed by atoms with Crippen molar-refractivity contribution in [3.8, 4) is 0 Å². The van der Waals surface area contributed by atoms with Crippen LogP contribution in [0.15, 0.2) is 12.4 Å². The lowest BCUT2D eigenvalue weighted by Crippen LogP contribution is -2.44. The molecule has 1 aliphatic rings. The molecule has 1 saturated carbocycles. The maximum Gasteiger partial charge on any atom is 0.0772 e. The molecule has 0 aromatic carbocycles. The second-order valence-electron chi connectivity index (χ2n) is 7.41. The average Bonchev–Trinajstić information content (AvgIpc) is 2.83. The molecule has 1 fully saturated rings. The molecule has 4 nitrogen and oxygen atoms in total. The second-order valence-corrected chi connectivity index (χ2v) is 7.41. The minimum atomic E-state index is -0.524. The molecule has 0 amide bonds. The Morgan fingerprint density at radius 3 is 2.50 bits per heavy atom.